The van der Waals surface area contributed by atoms with Gasteiger partial charge in [0.05, 0.1) is 0 Å². The van der Waals surface area contributed by atoms with Gasteiger partial charge in [-0.15, -0.1) is 0 Å². The van der Waals surface area contributed by atoms with Gasteiger partial charge in [-0.25, -0.2) is 4.39 Å². The SMILES string of the molecule is CC(F)Oc1ccc(C#Cc2cccc(C3CC(=O)C3)c2)cc1. The van der Waals surface area contributed by atoms with Crippen molar-refractivity contribution < 1.29 is 13.9 Å². The Morgan fingerprint density at radius 3 is 2.43 bits per heavy atom. The van der Waals surface area contributed by atoms with E-state index in [0.717, 1.165) is 11.1 Å². The standard InChI is InChI=1S/C20H17FO2/c1-14(21)23-20-9-7-15(8-10-20)5-6-16-3-2-4-17(11-16)18-12-19(22)13-18/h2-4,7-11,14,18H,12-13H2,1H3. The zero-order valence-corrected chi connectivity index (χ0v) is 12.9. The van der Waals surface area contributed by atoms with Crippen molar-refractivity contribution in [2.24, 2.45) is 0 Å². The van der Waals surface area contributed by atoms with Crippen LogP contribution in [-0.4, -0.2) is 12.1 Å². The van der Waals surface area contributed by atoms with Crippen LogP contribution in [-0.2, 0) is 4.79 Å². The maximum Gasteiger partial charge on any atom is 0.235 e. The molecule has 3 heteroatoms. The van der Waals surface area contributed by atoms with E-state index in [2.05, 4.69) is 11.8 Å². The van der Waals surface area contributed by atoms with E-state index in [0.29, 0.717) is 30.3 Å². The molecule has 1 fully saturated rings. The van der Waals surface area contributed by atoms with Crippen LogP contribution in [0.2, 0.25) is 0 Å². The van der Waals surface area contributed by atoms with Crippen LogP contribution in [0.15, 0.2) is 48.5 Å². The summed E-state index contributed by atoms with van der Waals surface area (Å²) in [4.78, 5) is 11.1. The molecule has 0 spiro atoms. The second-order valence-corrected chi connectivity index (χ2v) is 5.70. The van der Waals surface area contributed by atoms with Gasteiger partial charge >= 0.3 is 0 Å². The lowest BCUT2D eigenvalue weighted by Crippen LogP contribution is -2.21. The van der Waals surface area contributed by atoms with Crippen molar-refractivity contribution in [2.75, 3.05) is 0 Å². The lowest BCUT2D eigenvalue weighted by atomic mass is 9.78. The Hall–Kier alpha value is -2.60. The van der Waals surface area contributed by atoms with Crippen LogP contribution in [0.4, 0.5) is 4.39 Å². The molecule has 3 rings (SSSR count). The van der Waals surface area contributed by atoms with E-state index in [1.165, 1.54) is 12.5 Å². The molecule has 0 amide bonds. The summed E-state index contributed by atoms with van der Waals surface area (Å²) < 4.78 is 17.7. The van der Waals surface area contributed by atoms with Crippen LogP contribution in [0.25, 0.3) is 0 Å². The maximum absolute atomic E-state index is 12.7. The Balaban J connectivity index is 1.71. The highest BCUT2D eigenvalue weighted by molar-refractivity contribution is 5.86. The number of ether oxygens (including phenoxy) is 1. The largest absolute Gasteiger partial charge is 0.461 e. The topological polar surface area (TPSA) is 26.3 Å². The van der Waals surface area contributed by atoms with Gasteiger partial charge in [0, 0.05) is 30.9 Å². The van der Waals surface area contributed by atoms with E-state index >= 15 is 0 Å². The molecule has 2 aromatic carbocycles. The predicted octanol–water partition coefficient (Wildman–Crippen LogP) is 4.23. The van der Waals surface area contributed by atoms with E-state index in [4.69, 9.17) is 4.74 Å². The van der Waals surface area contributed by atoms with Crippen molar-refractivity contribution in [3.63, 3.8) is 0 Å². The first kappa shape index (κ1) is 15.3. The first-order valence-electron chi connectivity index (χ1n) is 7.64. The lowest BCUT2D eigenvalue weighted by Gasteiger charge is -2.24. The van der Waals surface area contributed by atoms with Gasteiger partial charge in [-0.3, -0.25) is 4.79 Å². The molecule has 23 heavy (non-hydrogen) atoms. The van der Waals surface area contributed by atoms with Gasteiger partial charge in [0.15, 0.2) is 0 Å². The van der Waals surface area contributed by atoms with Crippen LogP contribution in [0.1, 0.15) is 42.4 Å². The third kappa shape index (κ3) is 3.98. The van der Waals surface area contributed by atoms with Crippen molar-refractivity contribution in [1.29, 1.82) is 0 Å². The number of rotatable bonds is 3. The Bertz CT molecular complexity index is 758. The second kappa shape index (κ2) is 6.66. The van der Waals surface area contributed by atoms with Crippen molar-refractivity contribution in [1.82, 2.24) is 0 Å². The highest BCUT2D eigenvalue weighted by atomic mass is 19.1. The number of benzene rings is 2. The minimum Gasteiger partial charge on any atom is -0.461 e. The summed E-state index contributed by atoms with van der Waals surface area (Å²) in [7, 11) is 0. The third-order valence-corrected chi connectivity index (χ3v) is 3.81. The van der Waals surface area contributed by atoms with Gasteiger partial charge in [0.2, 0.25) is 6.36 Å². The number of halogens is 1. The van der Waals surface area contributed by atoms with Gasteiger partial charge in [0.1, 0.15) is 11.5 Å². The highest BCUT2D eigenvalue weighted by Crippen LogP contribution is 2.33. The Morgan fingerprint density at radius 1 is 1.09 bits per heavy atom. The van der Waals surface area contributed by atoms with Crippen LogP contribution >= 0.6 is 0 Å². The molecule has 1 atom stereocenters. The average Bonchev–Trinajstić information content (AvgIpc) is 2.51. The Morgan fingerprint density at radius 2 is 1.78 bits per heavy atom. The lowest BCUT2D eigenvalue weighted by molar-refractivity contribution is -0.124. The summed E-state index contributed by atoms with van der Waals surface area (Å²) in [5, 5.41) is 0. The van der Waals surface area contributed by atoms with Crippen molar-refractivity contribution in [3.8, 4) is 17.6 Å². The number of alkyl halides is 1. The Kier molecular flexibility index (Phi) is 4.43. The molecule has 0 radical (unpaired) electrons. The molecule has 0 heterocycles. The monoisotopic (exact) mass is 308 g/mol. The van der Waals surface area contributed by atoms with Gasteiger partial charge in [-0.1, -0.05) is 24.0 Å². The summed E-state index contributed by atoms with van der Waals surface area (Å²) in [6.07, 6.45) is -0.0375. The molecule has 2 nitrogen and oxygen atoms in total. The predicted molar refractivity (Wildman–Crippen MR) is 87.0 cm³/mol. The van der Waals surface area contributed by atoms with E-state index in [1.807, 2.05) is 24.3 Å². The molecule has 2 aromatic rings. The average molecular weight is 308 g/mol. The first-order valence-corrected chi connectivity index (χ1v) is 7.64. The number of Topliss-reactive ketones (excluding diaryl/α,β-unsaturated/α-hetero) is 1. The van der Waals surface area contributed by atoms with Crippen LogP contribution in [0.3, 0.4) is 0 Å². The van der Waals surface area contributed by atoms with Gasteiger partial charge in [-0.2, -0.15) is 0 Å². The number of ketones is 1. The van der Waals surface area contributed by atoms with E-state index in [1.54, 1.807) is 24.3 Å². The molecule has 1 saturated carbocycles. The van der Waals surface area contributed by atoms with Crippen LogP contribution < -0.4 is 4.74 Å². The first-order chi connectivity index (χ1) is 11.1. The summed E-state index contributed by atoms with van der Waals surface area (Å²) in [5.41, 5.74) is 2.95. The zero-order valence-electron chi connectivity index (χ0n) is 12.9. The second-order valence-electron chi connectivity index (χ2n) is 5.70. The van der Waals surface area contributed by atoms with Crippen molar-refractivity contribution in [2.45, 2.75) is 32.0 Å². The summed E-state index contributed by atoms with van der Waals surface area (Å²) in [6.45, 7) is 1.34. The van der Waals surface area contributed by atoms with Crippen molar-refractivity contribution in [3.05, 3.63) is 65.2 Å². The normalized spacial score (nSPS) is 15.3. The fraction of sp³-hybridized carbons (Fsp3) is 0.250. The van der Waals surface area contributed by atoms with Crippen LogP contribution in [0, 0.1) is 11.8 Å². The highest BCUT2D eigenvalue weighted by Gasteiger charge is 2.27. The molecular weight excluding hydrogens is 291 g/mol. The molecule has 0 aliphatic heterocycles. The van der Waals surface area contributed by atoms with Gasteiger partial charge in [0.25, 0.3) is 0 Å². The summed E-state index contributed by atoms with van der Waals surface area (Å²) in [5.74, 6) is 7.38. The number of hydrogen-bond donors (Lipinski definition) is 0. The molecule has 0 aromatic heterocycles. The molecule has 0 N–H and O–H groups in total. The molecule has 1 unspecified atom stereocenters. The maximum atomic E-state index is 12.7. The third-order valence-electron chi connectivity index (χ3n) is 3.81. The fourth-order valence-electron chi connectivity index (χ4n) is 2.54. The molecule has 0 bridgehead atoms. The van der Waals surface area contributed by atoms with E-state index in [-0.39, 0.29) is 0 Å². The molecule has 1 aliphatic carbocycles. The fourth-order valence-corrected chi connectivity index (χ4v) is 2.54. The zero-order chi connectivity index (χ0) is 16.2. The minimum atomic E-state index is -1.33. The van der Waals surface area contributed by atoms with E-state index in [9.17, 15) is 9.18 Å². The molecular formula is C20H17FO2. The smallest absolute Gasteiger partial charge is 0.235 e. The van der Waals surface area contributed by atoms with Gasteiger partial charge in [-0.05, 0) is 47.9 Å². The molecule has 0 saturated heterocycles. The quantitative estimate of drug-likeness (QED) is 0.793. The number of carbonyl (C=O) groups excluding carboxylic acids is 1. The molecule has 116 valence electrons. The number of carbonyl (C=O) groups is 1. The minimum absolute atomic E-state index is 0.330. The summed E-state index contributed by atoms with van der Waals surface area (Å²) in [6, 6.07) is 15.0. The van der Waals surface area contributed by atoms with E-state index < -0.39 is 6.36 Å². The molecule has 1 aliphatic rings. The summed E-state index contributed by atoms with van der Waals surface area (Å²) >= 11 is 0. The van der Waals surface area contributed by atoms with Gasteiger partial charge < -0.3 is 4.74 Å². The Labute approximate surface area is 135 Å². The van der Waals surface area contributed by atoms with Crippen LogP contribution in [0.5, 0.6) is 5.75 Å². The van der Waals surface area contributed by atoms with Crippen molar-refractivity contribution >= 4 is 5.78 Å². The number of hydrogen-bond acceptors (Lipinski definition) is 2.